The Hall–Kier alpha value is -1.07. The minimum atomic E-state index is 0.0184. The molecule has 0 saturated carbocycles. The SMILES string of the molecule is CCN(C(=O)c1cc(N)cc(Br)c1)C(C)CN(C)C. The predicted octanol–water partition coefficient (Wildman–Crippen LogP) is 2.44. The molecule has 1 aromatic rings. The molecule has 106 valence electrons. The van der Waals surface area contributed by atoms with Gasteiger partial charge in [-0.25, -0.2) is 0 Å². The van der Waals surface area contributed by atoms with Gasteiger partial charge in [0.1, 0.15) is 0 Å². The molecule has 0 saturated heterocycles. The number of nitrogens with two attached hydrogens (primary N) is 1. The van der Waals surface area contributed by atoms with Crippen molar-refractivity contribution in [3.05, 3.63) is 28.2 Å². The van der Waals surface area contributed by atoms with E-state index in [4.69, 9.17) is 5.73 Å². The van der Waals surface area contributed by atoms with Crippen molar-refractivity contribution in [3.8, 4) is 0 Å². The van der Waals surface area contributed by atoms with Crippen LogP contribution in [0.2, 0.25) is 0 Å². The van der Waals surface area contributed by atoms with Crippen LogP contribution in [0, 0.1) is 0 Å². The van der Waals surface area contributed by atoms with Crippen molar-refractivity contribution in [3.63, 3.8) is 0 Å². The van der Waals surface area contributed by atoms with Crippen LogP contribution in [0.15, 0.2) is 22.7 Å². The van der Waals surface area contributed by atoms with Gasteiger partial charge in [-0.1, -0.05) is 15.9 Å². The fourth-order valence-corrected chi connectivity index (χ4v) is 2.70. The van der Waals surface area contributed by atoms with Crippen LogP contribution < -0.4 is 5.73 Å². The van der Waals surface area contributed by atoms with Crippen LogP contribution in [0.25, 0.3) is 0 Å². The maximum Gasteiger partial charge on any atom is 0.254 e. The Balaban J connectivity index is 2.94. The number of carbonyl (C=O) groups is 1. The third-order valence-electron chi connectivity index (χ3n) is 2.93. The van der Waals surface area contributed by atoms with Crippen LogP contribution in [-0.4, -0.2) is 48.9 Å². The van der Waals surface area contributed by atoms with Crippen molar-refractivity contribution >= 4 is 27.5 Å². The van der Waals surface area contributed by atoms with E-state index in [1.807, 2.05) is 32.0 Å². The van der Waals surface area contributed by atoms with Crippen molar-refractivity contribution in [2.45, 2.75) is 19.9 Å². The summed E-state index contributed by atoms with van der Waals surface area (Å²) in [5.74, 6) is 0.0184. The highest BCUT2D eigenvalue weighted by Gasteiger charge is 2.20. The van der Waals surface area contributed by atoms with Crippen LogP contribution in [0.4, 0.5) is 5.69 Å². The molecule has 4 nitrogen and oxygen atoms in total. The molecule has 0 aliphatic heterocycles. The third kappa shape index (κ3) is 4.51. The van der Waals surface area contributed by atoms with E-state index in [0.717, 1.165) is 11.0 Å². The third-order valence-corrected chi connectivity index (χ3v) is 3.39. The standard InChI is InChI=1S/C14H22BrN3O/c1-5-18(10(2)9-17(3)4)14(19)11-6-12(15)8-13(16)7-11/h6-8,10H,5,9,16H2,1-4H3. The maximum absolute atomic E-state index is 12.5. The second-order valence-electron chi connectivity index (χ2n) is 4.98. The van der Waals surface area contributed by atoms with E-state index in [1.54, 1.807) is 12.1 Å². The van der Waals surface area contributed by atoms with Gasteiger partial charge in [0, 0.05) is 34.9 Å². The van der Waals surface area contributed by atoms with Crippen LogP contribution >= 0.6 is 15.9 Å². The number of nitrogens with zero attached hydrogens (tertiary/aromatic N) is 2. The van der Waals surface area contributed by atoms with E-state index in [9.17, 15) is 4.79 Å². The minimum Gasteiger partial charge on any atom is -0.399 e. The number of halogens is 1. The fraction of sp³-hybridized carbons (Fsp3) is 0.500. The molecule has 1 amide bonds. The maximum atomic E-state index is 12.5. The number of carbonyl (C=O) groups excluding carboxylic acids is 1. The van der Waals surface area contributed by atoms with Gasteiger partial charge in [0.15, 0.2) is 0 Å². The average molecular weight is 328 g/mol. The molecule has 0 aliphatic carbocycles. The van der Waals surface area contributed by atoms with Crippen molar-refractivity contribution in [2.24, 2.45) is 0 Å². The number of likely N-dealkylation sites (N-methyl/N-ethyl adjacent to an activating group) is 2. The zero-order valence-electron chi connectivity index (χ0n) is 12.0. The van der Waals surface area contributed by atoms with E-state index in [0.29, 0.717) is 17.8 Å². The van der Waals surface area contributed by atoms with Crippen molar-refractivity contribution in [1.29, 1.82) is 0 Å². The Bertz CT molecular complexity index is 428. The normalized spacial score (nSPS) is 12.5. The Kier molecular flexibility index (Phi) is 5.82. The lowest BCUT2D eigenvalue weighted by Gasteiger charge is -2.30. The van der Waals surface area contributed by atoms with Gasteiger partial charge in [-0.3, -0.25) is 4.79 Å². The fourth-order valence-electron chi connectivity index (χ4n) is 2.18. The summed E-state index contributed by atoms with van der Waals surface area (Å²) in [6, 6.07) is 5.48. The molecular formula is C14H22BrN3O. The quantitative estimate of drug-likeness (QED) is 0.845. The first-order chi connectivity index (χ1) is 8.85. The number of hydrogen-bond donors (Lipinski definition) is 1. The summed E-state index contributed by atoms with van der Waals surface area (Å²) in [4.78, 5) is 16.5. The average Bonchev–Trinajstić information content (AvgIpc) is 2.27. The van der Waals surface area contributed by atoms with Crippen molar-refractivity contribution < 1.29 is 4.79 Å². The van der Waals surface area contributed by atoms with E-state index in [2.05, 4.69) is 27.8 Å². The van der Waals surface area contributed by atoms with Gasteiger partial charge < -0.3 is 15.5 Å². The van der Waals surface area contributed by atoms with Crippen molar-refractivity contribution in [2.75, 3.05) is 32.9 Å². The topological polar surface area (TPSA) is 49.6 Å². The summed E-state index contributed by atoms with van der Waals surface area (Å²) in [6.45, 7) is 5.57. The van der Waals surface area contributed by atoms with E-state index in [1.165, 1.54) is 0 Å². The summed E-state index contributed by atoms with van der Waals surface area (Å²) >= 11 is 3.37. The highest BCUT2D eigenvalue weighted by atomic mass is 79.9. The van der Waals surface area contributed by atoms with Crippen molar-refractivity contribution in [1.82, 2.24) is 9.80 Å². The Morgan fingerprint density at radius 1 is 1.37 bits per heavy atom. The highest BCUT2D eigenvalue weighted by Crippen LogP contribution is 2.19. The van der Waals surface area contributed by atoms with E-state index in [-0.39, 0.29) is 11.9 Å². The lowest BCUT2D eigenvalue weighted by Crippen LogP contribution is -2.43. The van der Waals surface area contributed by atoms with Crippen LogP contribution in [0.3, 0.4) is 0 Å². The monoisotopic (exact) mass is 327 g/mol. The molecule has 0 fully saturated rings. The van der Waals surface area contributed by atoms with Gasteiger partial charge in [-0.15, -0.1) is 0 Å². The number of rotatable bonds is 5. The van der Waals surface area contributed by atoms with Gasteiger partial charge in [0.25, 0.3) is 5.91 Å². The van der Waals surface area contributed by atoms with Gasteiger partial charge in [0.2, 0.25) is 0 Å². The second kappa shape index (κ2) is 6.91. The van der Waals surface area contributed by atoms with Gasteiger partial charge in [-0.05, 0) is 46.1 Å². The molecule has 0 radical (unpaired) electrons. The summed E-state index contributed by atoms with van der Waals surface area (Å²) in [5.41, 5.74) is 7.00. The molecule has 2 N–H and O–H groups in total. The minimum absolute atomic E-state index is 0.0184. The molecule has 1 atom stereocenters. The second-order valence-corrected chi connectivity index (χ2v) is 5.89. The Morgan fingerprint density at radius 3 is 2.47 bits per heavy atom. The number of anilines is 1. The first-order valence-electron chi connectivity index (χ1n) is 6.37. The molecule has 5 heteroatoms. The van der Waals surface area contributed by atoms with Gasteiger partial charge >= 0.3 is 0 Å². The molecule has 0 aromatic heterocycles. The Morgan fingerprint density at radius 2 is 2.00 bits per heavy atom. The molecule has 0 spiro atoms. The number of benzene rings is 1. The van der Waals surface area contributed by atoms with Crippen LogP contribution in [-0.2, 0) is 0 Å². The van der Waals surface area contributed by atoms with Gasteiger partial charge in [-0.2, -0.15) is 0 Å². The van der Waals surface area contributed by atoms with Crippen LogP contribution in [0.5, 0.6) is 0 Å². The van der Waals surface area contributed by atoms with Crippen LogP contribution in [0.1, 0.15) is 24.2 Å². The first-order valence-corrected chi connectivity index (χ1v) is 7.16. The van der Waals surface area contributed by atoms with E-state index < -0.39 is 0 Å². The highest BCUT2D eigenvalue weighted by molar-refractivity contribution is 9.10. The summed E-state index contributed by atoms with van der Waals surface area (Å²) in [7, 11) is 4.01. The molecule has 1 aromatic carbocycles. The largest absolute Gasteiger partial charge is 0.399 e. The summed E-state index contributed by atoms with van der Waals surface area (Å²) in [6.07, 6.45) is 0. The molecular weight excluding hydrogens is 306 g/mol. The number of hydrogen-bond acceptors (Lipinski definition) is 3. The number of nitrogen functional groups attached to an aromatic ring is 1. The zero-order valence-corrected chi connectivity index (χ0v) is 13.6. The predicted molar refractivity (Wildman–Crippen MR) is 83.3 cm³/mol. The first kappa shape index (κ1) is 16.0. The summed E-state index contributed by atoms with van der Waals surface area (Å²) in [5, 5.41) is 0. The lowest BCUT2D eigenvalue weighted by molar-refractivity contribution is 0.0679. The molecule has 1 unspecified atom stereocenters. The van der Waals surface area contributed by atoms with E-state index >= 15 is 0 Å². The molecule has 0 aliphatic rings. The molecule has 0 heterocycles. The van der Waals surface area contributed by atoms with Gasteiger partial charge in [0.05, 0.1) is 0 Å². The number of amides is 1. The summed E-state index contributed by atoms with van der Waals surface area (Å²) < 4.78 is 0.826. The molecule has 19 heavy (non-hydrogen) atoms. The lowest BCUT2D eigenvalue weighted by atomic mass is 10.1. The zero-order chi connectivity index (χ0) is 14.6. The Labute approximate surface area is 123 Å². The molecule has 1 rings (SSSR count). The smallest absolute Gasteiger partial charge is 0.254 e. The molecule has 0 bridgehead atoms.